The Morgan fingerprint density at radius 2 is 2.42 bits per heavy atom. The van der Waals surface area contributed by atoms with Crippen molar-refractivity contribution in [3.8, 4) is 0 Å². The second-order valence-corrected chi connectivity index (χ2v) is 4.60. The van der Waals surface area contributed by atoms with E-state index in [-0.39, 0.29) is 0 Å². The van der Waals surface area contributed by atoms with E-state index in [1.165, 1.54) is 11.3 Å². The molecule has 0 saturated heterocycles. The van der Waals surface area contributed by atoms with Crippen molar-refractivity contribution in [2.24, 2.45) is 0 Å². The van der Waals surface area contributed by atoms with E-state index in [0.717, 1.165) is 23.8 Å². The Kier molecular flexibility index (Phi) is 2.52. The predicted octanol–water partition coefficient (Wildman–Crippen LogP) is 4.14. The van der Waals surface area contributed by atoms with Crippen LogP contribution < -0.4 is 0 Å². The average molecular weight is 199 g/mol. The van der Waals surface area contributed by atoms with Crippen LogP contribution in [0.3, 0.4) is 0 Å². The van der Waals surface area contributed by atoms with Crippen LogP contribution in [0.15, 0.2) is 28.6 Å². The van der Waals surface area contributed by atoms with Crippen molar-refractivity contribution in [2.45, 2.75) is 25.2 Å². The van der Waals surface area contributed by atoms with Crippen LogP contribution in [-0.2, 0) is 0 Å². The van der Waals surface area contributed by atoms with Gasteiger partial charge >= 0.3 is 0 Å². The van der Waals surface area contributed by atoms with E-state index in [4.69, 9.17) is 11.6 Å². The summed E-state index contributed by atoms with van der Waals surface area (Å²) >= 11 is 7.77. The number of allylic oxidation sites excluding steroid dienone is 2. The Morgan fingerprint density at radius 1 is 1.50 bits per heavy atom. The van der Waals surface area contributed by atoms with E-state index in [1.54, 1.807) is 0 Å². The van der Waals surface area contributed by atoms with E-state index in [1.807, 2.05) is 11.3 Å². The van der Waals surface area contributed by atoms with Crippen molar-refractivity contribution in [1.29, 1.82) is 0 Å². The molecule has 0 fully saturated rings. The van der Waals surface area contributed by atoms with Crippen molar-refractivity contribution in [2.75, 3.05) is 0 Å². The molecule has 1 aliphatic rings. The molecule has 2 heteroatoms. The lowest BCUT2D eigenvalue weighted by Gasteiger charge is -2.17. The van der Waals surface area contributed by atoms with Crippen LogP contribution in [-0.4, -0.2) is 0 Å². The maximum Gasteiger partial charge on any atom is 0.0141 e. The molecular formula is C10H11ClS. The molecule has 0 N–H and O–H groups in total. The largest absolute Gasteiger partial charge is 0.149 e. The normalized spacial score (nSPS) is 23.8. The molecule has 1 atom stereocenters. The number of thiophene rings is 1. The lowest BCUT2D eigenvalue weighted by Crippen LogP contribution is -1.99. The van der Waals surface area contributed by atoms with Crippen LogP contribution in [0, 0.1) is 0 Å². The molecule has 64 valence electrons. The fourth-order valence-electron chi connectivity index (χ4n) is 1.58. The first-order chi connectivity index (χ1) is 5.86. The fraction of sp³-hybridized carbons (Fsp3) is 0.400. The van der Waals surface area contributed by atoms with Gasteiger partial charge < -0.3 is 0 Å². The Hall–Kier alpha value is -0.270. The van der Waals surface area contributed by atoms with E-state index in [0.29, 0.717) is 0 Å². The summed E-state index contributed by atoms with van der Waals surface area (Å²) in [7, 11) is 0. The maximum atomic E-state index is 5.91. The third-order valence-corrected chi connectivity index (χ3v) is 3.68. The minimum atomic E-state index is 0.729. The van der Waals surface area contributed by atoms with Crippen LogP contribution in [0.5, 0.6) is 0 Å². The Bertz CT molecular complexity index is 274. The number of halogens is 1. The Labute approximate surface area is 81.9 Å². The minimum absolute atomic E-state index is 0.729. The van der Waals surface area contributed by atoms with E-state index in [9.17, 15) is 0 Å². The van der Waals surface area contributed by atoms with Gasteiger partial charge in [-0.25, -0.2) is 0 Å². The highest BCUT2D eigenvalue weighted by atomic mass is 35.5. The maximum absolute atomic E-state index is 5.91. The Balaban J connectivity index is 2.09. The summed E-state index contributed by atoms with van der Waals surface area (Å²) < 4.78 is 0. The molecule has 0 aliphatic heterocycles. The van der Waals surface area contributed by atoms with Gasteiger partial charge in [0.2, 0.25) is 0 Å². The van der Waals surface area contributed by atoms with Gasteiger partial charge in [0, 0.05) is 9.91 Å². The lowest BCUT2D eigenvalue weighted by atomic mass is 9.93. The first-order valence-corrected chi connectivity index (χ1v) is 5.50. The molecule has 0 nitrogen and oxygen atoms in total. The van der Waals surface area contributed by atoms with Crippen LogP contribution in [0.4, 0.5) is 0 Å². The highest BCUT2D eigenvalue weighted by Crippen LogP contribution is 2.35. The van der Waals surface area contributed by atoms with Crippen molar-refractivity contribution in [3.05, 3.63) is 33.5 Å². The standard InChI is InChI=1S/C10H11ClS/c11-9-5-3-8(4-6-9)10-2-1-7-12-10/h1-2,5,7-8H,3-4,6H2. The van der Waals surface area contributed by atoms with Crippen molar-refractivity contribution < 1.29 is 0 Å². The van der Waals surface area contributed by atoms with Crippen molar-refractivity contribution in [1.82, 2.24) is 0 Å². The van der Waals surface area contributed by atoms with Gasteiger partial charge in [-0.05, 0) is 36.6 Å². The van der Waals surface area contributed by atoms with Gasteiger partial charge in [-0.1, -0.05) is 23.7 Å². The molecule has 12 heavy (non-hydrogen) atoms. The second-order valence-electron chi connectivity index (χ2n) is 3.14. The molecule has 0 bridgehead atoms. The van der Waals surface area contributed by atoms with E-state index < -0.39 is 0 Å². The molecule has 0 amide bonds. The summed E-state index contributed by atoms with van der Waals surface area (Å²) in [6.07, 6.45) is 5.56. The topological polar surface area (TPSA) is 0 Å². The molecule has 1 unspecified atom stereocenters. The van der Waals surface area contributed by atoms with Gasteiger partial charge in [-0.15, -0.1) is 11.3 Å². The van der Waals surface area contributed by atoms with Crippen LogP contribution in [0.1, 0.15) is 30.1 Å². The first-order valence-electron chi connectivity index (χ1n) is 4.24. The van der Waals surface area contributed by atoms with Gasteiger partial charge in [0.1, 0.15) is 0 Å². The fourth-order valence-corrected chi connectivity index (χ4v) is 2.66. The monoisotopic (exact) mass is 198 g/mol. The quantitative estimate of drug-likeness (QED) is 0.637. The van der Waals surface area contributed by atoms with E-state index in [2.05, 4.69) is 23.6 Å². The molecule has 1 aromatic rings. The van der Waals surface area contributed by atoms with Crippen LogP contribution in [0.25, 0.3) is 0 Å². The lowest BCUT2D eigenvalue weighted by molar-refractivity contribution is 0.621. The number of hydrogen-bond donors (Lipinski definition) is 0. The third-order valence-electron chi connectivity index (χ3n) is 2.30. The van der Waals surface area contributed by atoms with Crippen molar-refractivity contribution >= 4 is 22.9 Å². The van der Waals surface area contributed by atoms with Gasteiger partial charge in [-0.3, -0.25) is 0 Å². The SMILES string of the molecule is ClC1=CCC(c2cccs2)CC1. The first kappa shape index (κ1) is 8.33. The molecule has 1 aliphatic carbocycles. The number of rotatable bonds is 1. The summed E-state index contributed by atoms with van der Waals surface area (Å²) in [5.41, 5.74) is 0. The van der Waals surface area contributed by atoms with Crippen LogP contribution >= 0.6 is 22.9 Å². The second kappa shape index (κ2) is 3.63. The Morgan fingerprint density at radius 3 is 3.00 bits per heavy atom. The van der Waals surface area contributed by atoms with E-state index >= 15 is 0 Å². The van der Waals surface area contributed by atoms with Crippen LogP contribution in [0.2, 0.25) is 0 Å². The molecule has 1 heterocycles. The smallest absolute Gasteiger partial charge is 0.0141 e. The van der Waals surface area contributed by atoms with Gasteiger partial charge in [-0.2, -0.15) is 0 Å². The van der Waals surface area contributed by atoms with Gasteiger partial charge in [0.05, 0.1) is 0 Å². The highest BCUT2D eigenvalue weighted by molar-refractivity contribution is 7.10. The molecule has 0 spiro atoms. The summed E-state index contributed by atoms with van der Waals surface area (Å²) in [4.78, 5) is 1.51. The average Bonchev–Trinajstić information content (AvgIpc) is 2.58. The molecule has 0 aromatic carbocycles. The molecule has 0 radical (unpaired) electrons. The molecule has 1 aromatic heterocycles. The van der Waals surface area contributed by atoms with Gasteiger partial charge in [0.25, 0.3) is 0 Å². The highest BCUT2D eigenvalue weighted by Gasteiger charge is 2.15. The predicted molar refractivity (Wildman–Crippen MR) is 54.8 cm³/mol. The molecule has 0 saturated carbocycles. The molecular weight excluding hydrogens is 188 g/mol. The summed E-state index contributed by atoms with van der Waals surface area (Å²) in [6.45, 7) is 0. The zero-order chi connectivity index (χ0) is 8.39. The van der Waals surface area contributed by atoms with Crippen molar-refractivity contribution in [3.63, 3.8) is 0 Å². The summed E-state index contributed by atoms with van der Waals surface area (Å²) in [5.74, 6) is 0.729. The summed E-state index contributed by atoms with van der Waals surface area (Å²) in [5, 5.41) is 3.19. The summed E-state index contributed by atoms with van der Waals surface area (Å²) in [6, 6.07) is 4.35. The zero-order valence-corrected chi connectivity index (χ0v) is 8.37. The number of hydrogen-bond acceptors (Lipinski definition) is 1. The van der Waals surface area contributed by atoms with Gasteiger partial charge in [0.15, 0.2) is 0 Å². The molecule has 2 rings (SSSR count). The zero-order valence-electron chi connectivity index (χ0n) is 6.79. The third kappa shape index (κ3) is 1.73. The minimum Gasteiger partial charge on any atom is -0.149 e.